The van der Waals surface area contributed by atoms with Crippen LogP contribution in [-0.4, -0.2) is 31.7 Å². The summed E-state index contributed by atoms with van der Waals surface area (Å²) < 4.78 is 27.0. The van der Waals surface area contributed by atoms with E-state index in [4.69, 9.17) is 11.6 Å². The summed E-state index contributed by atoms with van der Waals surface area (Å²) in [7, 11) is -3.61. The molecule has 2 fully saturated rings. The zero-order valence-electron chi connectivity index (χ0n) is 12.9. The molecule has 0 bridgehead atoms. The highest BCUT2D eigenvalue weighted by molar-refractivity contribution is 7.89. The Morgan fingerprint density at radius 2 is 1.83 bits per heavy atom. The van der Waals surface area contributed by atoms with Gasteiger partial charge in [-0.05, 0) is 43.9 Å². The van der Waals surface area contributed by atoms with Crippen molar-refractivity contribution < 1.29 is 13.2 Å². The molecule has 0 aromatic heterocycles. The number of hydrogen-bond acceptors (Lipinski definition) is 3. The molecule has 7 heteroatoms. The highest BCUT2D eigenvalue weighted by Crippen LogP contribution is 2.31. The molecule has 0 unspecified atom stereocenters. The number of carbonyl (C=O) groups is 1. The maximum absolute atomic E-state index is 12.8. The van der Waals surface area contributed by atoms with Gasteiger partial charge in [-0.2, -0.15) is 4.31 Å². The molecule has 1 aliphatic heterocycles. The third-order valence-electron chi connectivity index (χ3n) is 4.61. The SMILES string of the molecule is O=C(Nc1ccc(Cl)c(S(=O)(=O)N2CCCCC2)c1)C1CCC1. The fourth-order valence-electron chi connectivity index (χ4n) is 2.94. The summed E-state index contributed by atoms with van der Waals surface area (Å²) in [4.78, 5) is 12.1. The second-order valence-electron chi connectivity index (χ2n) is 6.23. The molecule has 0 atom stereocenters. The Hall–Kier alpha value is -1.11. The van der Waals surface area contributed by atoms with Gasteiger partial charge in [-0.15, -0.1) is 0 Å². The standard InChI is InChI=1S/C16H21ClN2O3S/c17-14-8-7-13(18-16(20)12-5-4-6-12)11-15(14)23(21,22)19-9-2-1-3-10-19/h7-8,11-12H,1-6,9-10H2,(H,18,20). The van der Waals surface area contributed by atoms with Crippen LogP contribution in [-0.2, 0) is 14.8 Å². The second kappa shape index (κ2) is 6.79. The molecule has 1 heterocycles. The average Bonchev–Trinajstić information content (AvgIpc) is 2.48. The maximum atomic E-state index is 12.8. The van der Waals surface area contributed by atoms with Gasteiger partial charge in [-0.1, -0.05) is 24.4 Å². The number of sulfonamides is 1. The molecule has 0 radical (unpaired) electrons. The van der Waals surface area contributed by atoms with Crippen molar-refractivity contribution in [2.75, 3.05) is 18.4 Å². The molecule has 5 nitrogen and oxygen atoms in total. The Labute approximate surface area is 142 Å². The summed E-state index contributed by atoms with van der Waals surface area (Å²) in [5, 5.41) is 3.00. The van der Waals surface area contributed by atoms with Gasteiger partial charge in [0.15, 0.2) is 0 Å². The lowest BCUT2D eigenvalue weighted by Crippen LogP contribution is -2.35. The summed E-state index contributed by atoms with van der Waals surface area (Å²) in [6, 6.07) is 4.66. The molecule has 1 saturated carbocycles. The van der Waals surface area contributed by atoms with Crippen molar-refractivity contribution in [3.05, 3.63) is 23.2 Å². The third kappa shape index (κ3) is 3.54. The van der Waals surface area contributed by atoms with Crippen molar-refractivity contribution in [1.82, 2.24) is 4.31 Å². The minimum Gasteiger partial charge on any atom is -0.326 e. The zero-order chi connectivity index (χ0) is 16.4. The number of hydrogen-bond donors (Lipinski definition) is 1. The van der Waals surface area contributed by atoms with Gasteiger partial charge in [0.1, 0.15) is 4.90 Å². The predicted octanol–water partition coefficient (Wildman–Crippen LogP) is 3.25. The summed E-state index contributed by atoms with van der Waals surface area (Å²) in [5.41, 5.74) is 0.488. The van der Waals surface area contributed by atoms with Crippen molar-refractivity contribution in [1.29, 1.82) is 0 Å². The van der Waals surface area contributed by atoms with Crippen LogP contribution >= 0.6 is 11.6 Å². The van der Waals surface area contributed by atoms with Gasteiger partial charge in [-0.25, -0.2) is 8.42 Å². The summed E-state index contributed by atoms with van der Waals surface area (Å²) in [6.45, 7) is 1.05. The van der Waals surface area contributed by atoms with Crippen LogP contribution in [0, 0.1) is 5.92 Å². The van der Waals surface area contributed by atoms with Crippen molar-refractivity contribution >= 4 is 33.2 Å². The second-order valence-corrected chi connectivity index (χ2v) is 8.54. The van der Waals surface area contributed by atoms with Gasteiger partial charge in [-0.3, -0.25) is 4.79 Å². The van der Waals surface area contributed by atoms with Gasteiger partial charge in [0, 0.05) is 24.7 Å². The van der Waals surface area contributed by atoms with E-state index in [1.165, 1.54) is 16.4 Å². The van der Waals surface area contributed by atoms with Crippen LogP contribution in [0.25, 0.3) is 0 Å². The molecule has 126 valence electrons. The molecule has 0 spiro atoms. The van der Waals surface area contributed by atoms with Crippen LogP contribution < -0.4 is 5.32 Å². The lowest BCUT2D eigenvalue weighted by atomic mass is 9.85. The van der Waals surface area contributed by atoms with E-state index >= 15 is 0 Å². The van der Waals surface area contributed by atoms with E-state index in [1.54, 1.807) is 6.07 Å². The maximum Gasteiger partial charge on any atom is 0.244 e. The van der Waals surface area contributed by atoms with E-state index in [2.05, 4.69) is 5.32 Å². The monoisotopic (exact) mass is 356 g/mol. The number of benzene rings is 1. The number of amides is 1. The largest absolute Gasteiger partial charge is 0.326 e. The van der Waals surface area contributed by atoms with Gasteiger partial charge < -0.3 is 5.32 Å². The minimum absolute atomic E-state index is 0.0418. The number of carbonyl (C=O) groups excluding carboxylic acids is 1. The highest BCUT2D eigenvalue weighted by Gasteiger charge is 2.29. The molecule has 1 amide bonds. The Balaban J connectivity index is 1.83. The van der Waals surface area contributed by atoms with Crippen molar-refractivity contribution in [3.8, 4) is 0 Å². The van der Waals surface area contributed by atoms with Gasteiger partial charge in [0.2, 0.25) is 15.9 Å². The Morgan fingerprint density at radius 3 is 2.43 bits per heavy atom. The van der Waals surface area contributed by atoms with Crippen LogP contribution in [0.3, 0.4) is 0 Å². The van der Waals surface area contributed by atoms with E-state index in [1.807, 2.05) is 0 Å². The lowest BCUT2D eigenvalue weighted by molar-refractivity contribution is -0.122. The average molecular weight is 357 g/mol. The number of halogens is 1. The third-order valence-corrected chi connectivity index (χ3v) is 6.99. The molecule has 1 aromatic rings. The number of piperidine rings is 1. The molecule has 1 saturated heterocycles. The number of nitrogens with zero attached hydrogens (tertiary/aromatic N) is 1. The van der Waals surface area contributed by atoms with Crippen LogP contribution in [0.1, 0.15) is 38.5 Å². The van der Waals surface area contributed by atoms with E-state index in [9.17, 15) is 13.2 Å². The fourth-order valence-corrected chi connectivity index (χ4v) is 4.96. The molecule has 1 N–H and O–H groups in total. The Bertz CT molecular complexity index is 695. The first-order valence-corrected chi connectivity index (χ1v) is 9.91. The van der Waals surface area contributed by atoms with Crippen LogP contribution in [0.5, 0.6) is 0 Å². The summed E-state index contributed by atoms with van der Waals surface area (Å²) >= 11 is 6.12. The van der Waals surface area contributed by atoms with Crippen LogP contribution in [0.15, 0.2) is 23.1 Å². The van der Waals surface area contributed by atoms with E-state index in [0.29, 0.717) is 18.8 Å². The van der Waals surface area contributed by atoms with Gasteiger partial charge >= 0.3 is 0 Å². The molecule has 2 aliphatic rings. The molecular formula is C16H21ClN2O3S. The van der Waals surface area contributed by atoms with Crippen molar-refractivity contribution in [2.45, 2.75) is 43.4 Å². The normalized spacial score (nSPS) is 20.0. The first-order chi connectivity index (χ1) is 11.0. The van der Waals surface area contributed by atoms with Gasteiger partial charge in [0.05, 0.1) is 5.02 Å². The lowest BCUT2D eigenvalue weighted by Gasteiger charge is -2.27. The first kappa shape index (κ1) is 16.7. The van der Waals surface area contributed by atoms with Crippen molar-refractivity contribution in [2.24, 2.45) is 5.92 Å². The van der Waals surface area contributed by atoms with E-state index in [0.717, 1.165) is 38.5 Å². The smallest absolute Gasteiger partial charge is 0.244 e. The fraction of sp³-hybridized carbons (Fsp3) is 0.562. The van der Waals surface area contributed by atoms with Crippen LogP contribution in [0.4, 0.5) is 5.69 Å². The zero-order valence-corrected chi connectivity index (χ0v) is 14.5. The number of nitrogens with one attached hydrogen (secondary N) is 1. The van der Waals surface area contributed by atoms with E-state index < -0.39 is 10.0 Å². The Kier molecular flexibility index (Phi) is 4.94. The van der Waals surface area contributed by atoms with Gasteiger partial charge in [0.25, 0.3) is 0 Å². The molecule has 3 rings (SSSR count). The molecule has 1 aliphatic carbocycles. The summed E-state index contributed by atoms with van der Waals surface area (Å²) in [5.74, 6) is 0.00715. The van der Waals surface area contributed by atoms with Crippen LogP contribution in [0.2, 0.25) is 5.02 Å². The molecule has 23 heavy (non-hydrogen) atoms. The first-order valence-electron chi connectivity index (χ1n) is 8.09. The van der Waals surface area contributed by atoms with E-state index in [-0.39, 0.29) is 21.7 Å². The molecule has 1 aromatic carbocycles. The minimum atomic E-state index is -3.61. The number of rotatable bonds is 4. The number of anilines is 1. The molecular weight excluding hydrogens is 336 g/mol. The summed E-state index contributed by atoms with van der Waals surface area (Å²) in [6.07, 6.45) is 5.67. The predicted molar refractivity (Wildman–Crippen MR) is 90.0 cm³/mol. The topological polar surface area (TPSA) is 66.5 Å². The quantitative estimate of drug-likeness (QED) is 0.900. The highest BCUT2D eigenvalue weighted by atomic mass is 35.5. The Morgan fingerprint density at radius 1 is 1.13 bits per heavy atom. The van der Waals surface area contributed by atoms with Crippen molar-refractivity contribution in [3.63, 3.8) is 0 Å².